The maximum atomic E-state index is 12.9. The van der Waals surface area contributed by atoms with E-state index in [0.29, 0.717) is 19.0 Å². The number of alkyl halides is 2. The van der Waals surface area contributed by atoms with E-state index >= 15 is 0 Å². The first-order chi connectivity index (χ1) is 12.1. The molecule has 0 amide bonds. The number of nitrogens with zero attached hydrogens (tertiary/aromatic N) is 4. The molecule has 0 aliphatic rings. The van der Waals surface area contributed by atoms with Gasteiger partial charge in [0.2, 0.25) is 0 Å². The van der Waals surface area contributed by atoms with Crippen LogP contribution in [0.1, 0.15) is 50.2 Å². The second-order valence-corrected chi connectivity index (χ2v) is 5.32. The van der Waals surface area contributed by atoms with Crippen LogP contribution < -0.4 is 10.6 Å². The number of aliphatic imine (C=N–C) groups is 1. The molecule has 146 valence electrons. The average Bonchev–Trinajstić information content (AvgIpc) is 3.23. The third-order valence-corrected chi connectivity index (χ3v) is 3.72. The van der Waals surface area contributed by atoms with Gasteiger partial charge >= 0.3 is 6.55 Å². The smallest absolute Gasteiger partial charge is 0.319 e. The summed E-state index contributed by atoms with van der Waals surface area (Å²) in [6.07, 6.45) is 4.12. The summed E-state index contributed by atoms with van der Waals surface area (Å²) in [7, 11) is 0. The van der Waals surface area contributed by atoms with Crippen molar-refractivity contribution < 1.29 is 13.3 Å². The van der Waals surface area contributed by atoms with Gasteiger partial charge in [0.15, 0.2) is 5.96 Å². The van der Waals surface area contributed by atoms with E-state index in [1.807, 2.05) is 20.8 Å². The summed E-state index contributed by atoms with van der Waals surface area (Å²) in [5, 5.41) is 10.2. The molecule has 2 heterocycles. The molecule has 2 N–H and O–H groups in total. The van der Waals surface area contributed by atoms with Crippen molar-refractivity contribution in [1.82, 2.24) is 25.3 Å². The van der Waals surface area contributed by atoms with Gasteiger partial charge in [-0.15, -0.1) is 24.0 Å². The predicted octanol–water partition coefficient (Wildman–Crippen LogP) is 3.26. The number of nitrogens with one attached hydrogen (secondary N) is 2. The minimum Gasteiger partial charge on any atom is -0.361 e. The van der Waals surface area contributed by atoms with Crippen LogP contribution in [0.4, 0.5) is 8.78 Å². The van der Waals surface area contributed by atoms with Crippen molar-refractivity contribution in [3.05, 3.63) is 35.2 Å². The highest BCUT2D eigenvalue weighted by Crippen LogP contribution is 2.17. The summed E-state index contributed by atoms with van der Waals surface area (Å²) in [6.45, 7) is 4.54. The Balaban J connectivity index is 0.00000338. The Morgan fingerprint density at radius 1 is 1.27 bits per heavy atom. The number of rotatable bonds is 8. The highest BCUT2D eigenvalue weighted by atomic mass is 127. The second-order valence-electron chi connectivity index (χ2n) is 5.32. The van der Waals surface area contributed by atoms with Crippen molar-refractivity contribution in [2.45, 2.75) is 53.3 Å². The maximum absolute atomic E-state index is 12.9. The molecule has 0 saturated carbocycles. The highest BCUT2D eigenvalue weighted by molar-refractivity contribution is 14.0. The number of imidazole rings is 1. The SMILES string of the molecule is CCNC(=NCc1c(CC)noc1CC)NCc1nccn1C(F)F.I. The van der Waals surface area contributed by atoms with E-state index in [2.05, 4.69) is 25.8 Å². The lowest BCUT2D eigenvalue weighted by Crippen LogP contribution is -2.37. The zero-order valence-corrected chi connectivity index (χ0v) is 17.5. The van der Waals surface area contributed by atoms with Crippen LogP contribution in [0.3, 0.4) is 0 Å². The minimum absolute atomic E-state index is 0. The van der Waals surface area contributed by atoms with Gasteiger partial charge in [-0.3, -0.25) is 4.57 Å². The number of halogens is 3. The van der Waals surface area contributed by atoms with E-state index in [4.69, 9.17) is 4.52 Å². The third kappa shape index (κ3) is 5.64. The summed E-state index contributed by atoms with van der Waals surface area (Å²) in [6, 6.07) is 0. The fourth-order valence-corrected chi connectivity index (χ4v) is 2.44. The van der Waals surface area contributed by atoms with Crippen molar-refractivity contribution in [1.29, 1.82) is 0 Å². The van der Waals surface area contributed by atoms with Gasteiger partial charge in [-0.05, 0) is 13.3 Å². The molecule has 0 bridgehead atoms. The fourth-order valence-electron chi connectivity index (χ4n) is 2.44. The van der Waals surface area contributed by atoms with Crippen LogP contribution in [-0.4, -0.2) is 27.2 Å². The predicted molar refractivity (Wildman–Crippen MR) is 106 cm³/mol. The zero-order valence-electron chi connectivity index (χ0n) is 15.1. The number of guanidine groups is 1. The van der Waals surface area contributed by atoms with Gasteiger partial charge < -0.3 is 15.2 Å². The molecule has 0 spiro atoms. The Morgan fingerprint density at radius 3 is 2.65 bits per heavy atom. The van der Waals surface area contributed by atoms with Gasteiger partial charge in [0.05, 0.1) is 18.8 Å². The van der Waals surface area contributed by atoms with Crippen molar-refractivity contribution >= 4 is 29.9 Å². The molecule has 26 heavy (non-hydrogen) atoms. The van der Waals surface area contributed by atoms with E-state index in [-0.39, 0.29) is 36.3 Å². The summed E-state index contributed by atoms with van der Waals surface area (Å²) in [4.78, 5) is 8.46. The molecule has 0 saturated heterocycles. The maximum Gasteiger partial charge on any atom is 0.319 e. The van der Waals surface area contributed by atoms with Gasteiger partial charge in [0, 0.05) is 30.9 Å². The Morgan fingerprint density at radius 2 is 2.04 bits per heavy atom. The summed E-state index contributed by atoms with van der Waals surface area (Å²) >= 11 is 0. The van der Waals surface area contributed by atoms with Gasteiger partial charge in [-0.25, -0.2) is 9.98 Å². The molecule has 0 fully saturated rings. The topological polar surface area (TPSA) is 80.3 Å². The molecular formula is C16H25F2IN6O. The lowest BCUT2D eigenvalue weighted by Gasteiger charge is -2.12. The molecule has 7 nitrogen and oxygen atoms in total. The average molecular weight is 482 g/mol. The van der Waals surface area contributed by atoms with Gasteiger partial charge in [0.25, 0.3) is 0 Å². The number of hydrogen-bond donors (Lipinski definition) is 2. The number of hydrogen-bond acceptors (Lipinski definition) is 4. The Labute approximate surface area is 168 Å². The lowest BCUT2D eigenvalue weighted by molar-refractivity contribution is 0.0668. The molecule has 0 aliphatic carbocycles. The first-order valence-electron chi connectivity index (χ1n) is 8.38. The number of aromatic nitrogens is 3. The van der Waals surface area contributed by atoms with Crippen molar-refractivity contribution in [2.24, 2.45) is 4.99 Å². The van der Waals surface area contributed by atoms with E-state index in [1.165, 1.54) is 12.4 Å². The van der Waals surface area contributed by atoms with Gasteiger partial charge in [-0.1, -0.05) is 19.0 Å². The van der Waals surface area contributed by atoms with Crippen LogP contribution >= 0.6 is 24.0 Å². The third-order valence-electron chi connectivity index (χ3n) is 3.72. The zero-order chi connectivity index (χ0) is 18.2. The van der Waals surface area contributed by atoms with Crippen molar-refractivity contribution in [3.63, 3.8) is 0 Å². The fraction of sp³-hybridized carbons (Fsp3) is 0.562. The molecule has 0 atom stereocenters. The molecule has 0 radical (unpaired) electrons. The summed E-state index contributed by atoms with van der Waals surface area (Å²) < 4.78 is 31.9. The number of aryl methyl sites for hydroxylation is 2. The first-order valence-corrected chi connectivity index (χ1v) is 8.38. The van der Waals surface area contributed by atoms with Crippen LogP contribution in [-0.2, 0) is 25.9 Å². The van der Waals surface area contributed by atoms with E-state index < -0.39 is 6.55 Å². The summed E-state index contributed by atoms with van der Waals surface area (Å²) in [5.74, 6) is 1.59. The molecule has 2 rings (SSSR count). The molecule has 2 aromatic heterocycles. The lowest BCUT2D eigenvalue weighted by atomic mass is 10.1. The molecular weight excluding hydrogens is 457 g/mol. The Kier molecular flexibility index (Phi) is 9.52. The quantitative estimate of drug-likeness (QED) is 0.343. The summed E-state index contributed by atoms with van der Waals surface area (Å²) in [5.41, 5.74) is 1.88. The van der Waals surface area contributed by atoms with E-state index in [9.17, 15) is 8.78 Å². The normalized spacial score (nSPS) is 11.5. The Hall–Kier alpha value is -1.72. The van der Waals surface area contributed by atoms with Crippen LogP contribution in [0, 0.1) is 0 Å². The second kappa shape index (κ2) is 11.1. The largest absolute Gasteiger partial charge is 0.361 e. The molecule has 2 aromatic rings. The van der Waals surface area contributed by atoms with Crippen molar-refractivity contribution in [3.8, 4) is 0 Å². The van der Waals surface area contributed by atoms with Crippen LogP contribution in [0.2, 0.25) is 0 Å². The molecule has 10 heteroatoms. The minimum atomic E-state index is -2.62. The molecule has 0 aliphatic heterocycles. The van der Waals surface area contributed by atoms with Crippen LogP contribution in [0.25, 0.3) is 0 Å². The van der Waals surface area contributed by atoms with Gasteiger partial charge in [0.1, 0.15) is 11.6 Å². The first kappa shape index (κ1) is 22.3. The highest BCUT2D eigenvalue weighted by Gasteiger charge is 2.14. The van der Waals surface area contributed by atoms with Gasteiger partial charge in [-0.2, -0.15) is 8.78 Å². The standard InChI is InChI=1S/C16H24F2N6O.HI/c1-4-12-11(13(5-2)25-23-12)9-21-16(19-6-3)22-10-14-20-7-8-24(14)15(17)18;/h7-8,15H,4-6,9-10H2,1-3H3,(H2,19,21,22);1H. The van der Waals surface area contributed by atoms with Crippen molar-refractivity contribution in [2.75, 3.05) is 6.54 Å². The van der Waals surface area contributed by atoms with Crippen LogP contribution in [0.15, 0.2) is 21.9 Å². The van der Waals surface area contributed by atoms with E-state index in [1.54, 1.807) is 0 Å². The molecule has 0 aromatic carbocycles. The van der Waals surface area contributed by atoms with E-state index in [0.717, 1.165) is 34.4 Å². The Bertz CT molecular complexity index is 679. The van der Waals surface area contributed by atoms with Crippen LogP contribution in [0.5, 0.6) is 0 Å². The molecule has 0 unspecified atom stereocenters. The monoisotopic (exact) mass is 482 g/mol.